The van der Waals surface area contributed by atoms with Crippen LogP contribution in [0.25, 0.3) is 0 Å². The van der Waals surface area contributed by atoms with Crippen LogP contribution in [0, 0.1) is 0 Å². The van der Waals surface area contributed by atoms with Crippen LogP contribution in [0.2, 0.25) is 0 Å². The Balaban J connectivity index is 4.48. The normalized spacial score (nSPS) is 14.5. The summed E-state index contributed by atoms with van der Waals surface area (Å²) in [5.41, 5.74) is 0. The van der Waals surface area contributed by atoms with Crippen LogP contribution >= 0.6 is 15.6 Å². The molecule has 0 saturated heterocycles. The molecule has 18 heteroatoms. The van der Waals surface area contributed by atoms with E-state index in [0.29, 0.717) is 19.3 Å². The molecule has 0 fully saturated rings. The highest BCUT2D eigenvalue weighted by atomic mass is 31.2. The number of hydrogen-bond donors (Lipinski definition) is 4. The van der Waals surface area contributed by atoms with E-state index < -0.39 is 91.5 Å². The van der Waals surface area contributed by atoms with Gasteiger partial charge in [0, 0.05) is 19.3 Å². The van der Waals surface area contributed by atoms with Gasteiger partial charge in [-0.15, -0.1) is 0 Å². The zero-order valence-corrected chi connectivity index (χ0v) is 68.2. The minimum Gasteiger partial charge on any atom is -0.463 e. The van der Waals surface area contributed by atoms with Crippen molar-refractivity contribution in [2.75, 3.05) is 39.6 Å². The Kier molecular flexibility index (Phi) is 76.4. The van der Waals surface area contributed by atoms with Gasteiger partial charge in [0.05, 0.1) is 26.4 Å². The topological polar surface area (TPSA) is 231 Å². The van der Waals surface area contributed by atoms with E-state index in [9.17, 15) is 43.5 Å². The Morgan fingerprint density at radius 2 is 0.495 bits per heavy atom. The third kappa shape index (κ3) is 80.8. The fourth-order valence-corrected chi connectivity index (χ4v) is 12.8. The number of aliphatic hydroxyl groups is 2. The third-order valence-electron chi connectivity index (χ3n) is 17.6. The summed E-state index contributed by atoms with van der Waals surface area (Å²) >= 11 is 0. The molecule has 0 aliphatic heterocycles. The lowest BCUT2D eigenvalue weighted by atomic mass is 10.0. The first-order valence-electron chi connectivity index (χ1n) is 41.8. The van der Waals surface area contributed by atoms with E-state index in [1.807, 2.05) is 0 Å². The SMILES string of the molecule is CCC/C=C\C/C=C\CCCCCCCC(=O)OC(COC(=O)CCCCCCCCCCCCC/C=C\C/C=C\C/C=C\C/C=C\CCCCC)COP(=O)(O)OCC(O)COP(=O)(O)OCC(O)COC(=O)CCCCCCCCCCCCCCC/C=C\C/C=C\C/C=C\C/C=C\CCCCC. The highest BCUT2D eigenvalue weighted by Crippen LogP contribution is 2.45. The number of allylic oxidation sites excluding steroid dienone is 20. The number of ether oxygens (including phenoxy) is 3. The first-order valence-corrected chi connectivity index (χ1v) is 44.8. The van der Waals surface area contributed by atoms with Crippen molar-refractivity contribution in [3.8, 4) is 0 Å². The standard InChI is InChI=1S/C87H152O16P2/c1-4-7-10-13-16-19-22-25-27-29-31-33-35-37-39-40-42-44-45-47-49-51-53-56-58-61-64-67-70-73-85(90)97-76-82(88)77-99-104(93,94)100-78-83(89)79-101-105(95,96)102-81-84(103-87(92)75-72-69-66-63-60-55-24-21-18-15-12-9-6-3)80-98-86(91)74-71-68-65-62-59-57-54-52-50-48-46-43-41-38-36-34-32-30-28-26-23-20-17-14-11-8-5-2/h12,15-17,19-21,24-28,31-34,37-39,41,82-84,88-89H,4-11,13-14,18,22-23,29-30,35-36,40,42-81H2,1-3H3,(H,93,94)(H,95,96)/b15-12-,19-16-,20-17-,24-21-,27-25-,28-26-,33-31-,34-32-,39-37-,41-38-. The second kappa shape index (κ2) is 79.5. The second-order valence-corrected chi connectivity index (χ2v) is 30.8. The van der Waals surface area contributed by atoms with Crippen LogP contribution in [-0.4, -0.2) is 95.9 Å². The largest absolute Gasteiger partial charge is 0.472 e. The highest BCUT2D eigenvalue weighted by molar-refractivity contribution is 7.47. The van der Waals surface area contributed by atoms with Crippen molar-refractivity contribution >= 4 is 33.6 Å². The highest BCUT2D eigenvalue weighted by Gasteiger charge is 2.29. The van der Waals surface area contributed by atoms with Crippen molar-refractivity contribution in [1.82, 2.24) is 0 Å². The summed E-state index contributed by atoms with van der Waals surface area (Å²) in [6.45, 7) is 2.57. The smallest absolute Gasteiger partial charge is 0.463 e. The summed E-state index contributed by atoms with van der Waals surface area (Å²) < 4.78 is 61.2. The van der Waals surface area contributed by atoms with Crippen molar-refractivity contribution < 1.29 is 75.8 Å². The average Bonchev–Trinajstić information content (AvgIpc) is 0.914. The zero-order valence-electron chi connectivity index (χ0n) is 66.4. The van der Waals surface area contributed by atoms with Crippen LogP contribution in [0.15, 0.2) is 122 Å². The van der Waals surface area contributed by atoms with Gasteiger partial charge in [0.2, 0.25) is 0 Å². The molecule has 606 valence electrons. The van der Waals surface area contributed by atoms with Crippen LogP contribution in [0.1, 0.15) is 355 Å². The maximum absolute atomic E-state index is 13.0. The number of esters is 3. The zero-order chi connectivity index (χ0) is 76.6. The Hall–Kier alpha value is -4.05. The summed E-state index contributed by atoms with van der Waals surface area (Å²) in [7, 11) is -9.79. The Morgan fingerprint density at radius 3 is 0.790 bits per heavy atom. The third-order valence-corrected chi connectivity index (χ3v) is 19.5. The molecule has 16 nitrogen and oxygen atoms in total. The number of rotatable bonds is 79. The van der Waals surface area contributed by atoms with Crippen molar-refractivity contribution in [2.45, 2.75) is 373 Å². The molecule has 0 aliphatic carbocycles. The van der Waals surface area contributed by atoms with Crippen molar-refractivity contribution in [2.24, 2.45) is 0 Å². The second-order valence-electron chi connectivity index (χ2n) is 27.9. The number of aliphatic hydroxyl groups excluding tert-OH is 2. The molecule has 0 aromatic heterocycles. The summed E-state index contributed by atoms with van der Waals surface area (Å²) in [6, 6.07) is 0. The summed E-state index contributed by atoms with van der Waals surface area (Å²) in [6.07, 6.45) is 95.4. The molecule has 0 radical (unpaired) electrons. The average molecular weight is 1520 g/mol. The van der Waals surface area contributed by atoms with Gasteiger partial charge < -0.3 is 34.2 Å². The monoisotopic (exact) mass is 1520 g/mol. The molecule has 0 aromatic carbocycles. The maximum atomic E-state index is 13.0. The first-order chi connectivity index (χ1) is 51.2. The first kappa shape index (κ1) is 101. The van der Waals surface area contributed by atoms with E-state index in [1.165, 1.54) is 148 Å². The number of carbonyl (C=O) groups is 3. The maximum Gasteiger partial charge on any atom is 0.472 e. The lowest BCUT2D eigenvalue weighted by Crippen LogP contribution is -2.30. The molecule has 0 bridgehead atoms. The Morgan fingerprint density at radius 1 is 0.267 bits per heavy atom. The van der Waals surface area contributed by atoms with Crippen LogP contribution < -0.4 is 0 Å². The number of carbonyl (C=O) groups excluding carboxylic acids is 3. The van der Waals surface area contributed by atoms with E-state index in [0.717, 1.165) is 148 Å². The van der Waals surface area contributed by atoms with Gasteiger partial charge >= 0.3 is 33.6 Å². The molecule has 0 aromatic rings. The number of phosphoric ester groups is 2. The molecule has 105 heavy (non-hydrogen) atoms. The fourth-order valence-electron chi connectivity index (χ4n) is 11.2. The lowest BCUT2D eigenvalue weighted by molar-refractivity contribution is -0.161. The minimum absolute atomic E-state index is 0.0866. The number of phosphoric acid groups is 2. The quantitative estimate of drug-likeness (QED) is 0.0146. The molecule has 5 unspecified atom stereocenters. The molecular formula is C87H152O16P2. The van der Waals surface area contributed by atoms with Gasteiger partial charge in [0.1, 0.15) is 25.4 Å². The lowest BCUT2D eigenvalue weighted by Gasteiger charge is -2.21. The molecule has 0 saturated carbocycles. The summed E-state index contributed by atoms with van der Waals surface area (Å²) in [5, 5.41) is 20.7. The molecule has 0 rings (SSSR count). The van der Waals surface area contributed by atoms with E-state index in [-0.39, 0.29) is 19.3 Å². The predicted octanol–water partition coefficient (Wildman–Crippen LogP) is 24.9. The van der Waals surface area contributed by atoms with Crippen LogP contribution in [0.3, 0.4) is 0 Å². The van der Waals surface area contributed by atoms with E-state index in [4.69, 9.17) is 32.3 Å². The van der Waals surface area contributed by atoms with Gasteiger partial charge in [-0.3, -0.25) is 32.5 Å². The van der Waals surface area contributed by atoms with Crippen molar-refractivity contribution in [3.05, 3.63) is 122 Å². The Labute approximate surface area is 640 Å². The van der Waals surface area contributed by atoms with Gasteiger partial charge in [0.25, 0.3) is 0 Å². The summed E-state index contributed by atoms with van der Waals surface area (Å²) in [5.74, 6) is -1.59. The van der Waals surface area contributed by atoms with Gasteiger partial charge in [-0.1, -0.05) is 322 Å². The minimum atomic E-state index is -4.94. The van der Waals surface area contributed by atoms with Gasteiger partial charge in [-0.05, 0) is 135 Å². The van der Waals surface area contributed by atoms with Gasteiger partial charge in [-0.25, -0.2) is 9.13 Å². The van der Waals surface area contributed by atoms with Crippen LogP contribution in [0.5, 0.6) is 0 Å². The Bertz CT molecular complexity index is 2390. The molecule has 0 heterocycles. The number of unbranched alkanes of at least 4 members (excludes halogenated alkanes) is 36. The van der Waals surface area contributed by atoms with Crippen LogP contribution in [-0.2, 0) is 55.8 Å². The predicted molar refractivity (Wildman–Crippen MR) is 436 cm³/mol. The van der Waals surface area contributed by atoms with Crippen molar-refractivity contribution in [3.63, 3.8) is 0 Å². The molecule has 5 atom stereocenters. The van der Waals surface area contributed by atoms with Crippen LogP contribution in [0.4, 0.5) is 0 Å². The molecule has 0 spiro atoms. The molecule has 4 N–H and O–H groups in total. The van der Waals surface area contributed by atoms with E-state index in [2.05, 4.69) is 142 Å². The van der Waals surface area contributed by atoms with E-state index in [1.54, 1.807) is 0 Å². The van der Waals surface area contributed by atoms with Gasteiger partial charge in [-0.2, -0.15) is 0 Å². The van der Waals surface area contributed by atoms with E-state index >= 15 is 0 Å². The fraction of sp³-hybridized carbons (Fsp3) is 0.736. The summed E-state index contributed by atoms with van der Waals surface area (Å²) in [4.78, 5) is 58.7. The van der Waals surface area contributed by atoms with Crippen molar-refractivity contribution in [1.29, 1.82) is 0 Å². The molecular weight excluding hydrogens is 1360 g/mol. The number of hydrogen-bond acceptors (Lipinski definition) is 14. The molecule has 0 aliphatic rings. The molecule has 0 amide bonds. The van der Waals surface area contributed by atoms with Gasteiger partial charge in [0.15, 0.2) is 6.10 Å².